The van der Waals surface area contributed by atoms with Crippen LogP contribution in [0.4, 0.5) is 0 Å². The van der Waals surface area contributed by atoms with E-state index in [-0.39, 0.29) is 0 Å². The van der Waals surface area contributed by atoms with Crippen LogP contribution >= 0.6 is 11.6 Å². The molecule has 7 heteroatoms. The molecule has 0 saturated carbocycles. The summed E-state index contributed by atoms with van der Waals surface area (Å²) in [6.45, 7) is 1.15. The van der Waals surface area contributed by atoms with Gasteiger partial charge in [-0.1, -0.05) is 11.6 Å². The first-order valence-electron chi connectivity index (χ1n) is 6.75. The minimum atomic E-state index is -0.734. The Bertz CT molecular complexity index is 644. The van der Waals surface area contributed by atoms with E-state index in [1.165, 1.54) is 6.33 Å². The van der Waals surface area contributed by atoms with Gasteiger partial charge in [-0.25, -0.2) is 4.98 Å². The molecule has 0 radical (unpaired) electrons. The number of aliphatic hydroxyl groups excluding tert-OH is 1. The van der Waals surface area contributed by atoms with Gasteiger partial charge in [-0.3, -0.25) is 4.68 Å². The maximum Gasteiger partial charge on any atom is 0.179 e. The van der Waals surface area contributed by atoms with Crippen LogP contribution in [0.15, 0.2) is 18.5 Å². The normalized spacial score (nSPS) is 15.6. The standard InChI is InChI=1S/C14H16ClN3O3/c1-18-13(16-8-17-18)7-11(19)9-5-10(15)14-12(6-9)20-3-2-4-21-14/h5-6,8,11,19H,2-4,7H2,1H3. The molecule has 3 rings (SSSR count). The number of hydrogen-bond acceptors (Lipinski definition) is 5. The first-order chi connectivity index (χ1) is 10.1. The smallest absolute Gasteiger partial charge is 0.179 e. The summed E-state index contributed by atoms with van der Waals surface area (Å²) in [7, 11) is 1.79. The zero-order chi connectivity index (χ0) is 14.8. The molecule has 1 aromatic carbocycles. The van der Waals surface area contributed by atoms with Crippen molar-refractivity contribution in [1.29, 1.82) is 0 Å². The molecule has 2 heterocycles. The van der Waals surface area contributed by atoms with Crippen molar-refractivity contribution < 1.29 is 14.6 Å². The predicted octanol–water partition coefficient (Wildman–Crippen LogP) is 1.91. The fourth-order valence-electron chi connectivity index (χ4n) is 2.24. The first kappa shape index (κ1) is 14.2. The summed E-state index contributed by atoms with van der Waals surface area (Å²) < 4.78 is 12.8. The van der Waals surface area contributed by atoms with Crippen LogP contribution in [-0.4, -0.2) is 33.1 Å². The van der Waals surface area contributed by atoms with Gasteiger partial charge < -0.3 is 14.6 Å². The Morgan fingerprint density at radius 2 is 2.19 bits per heavy atom. The fourth-order valence-corrected chi connectivity index (χ4v) is 2.51. The number of rotatable bonds is 3. The molecule has 0 amide bonds. The van der Waals surface area contributed by atoms with Crippen LogP contribution in [0.5, 0.6) is 11.5 Å². The molecule has 112 valence electrons. The second kappa shape index (κ2) is 5.91. The summed E-state index contributed by atoms with van der Waals surface area (Å²) in [6, 6.07) is 3.48. The van der Waals surface area contributed by atoms with E-state index in [1.54, 1.807) is 23.9 Å². The van der Waals surface area contributed by atoms with E-state index in [0.29, 0.717) is 47.5 Å². The summed E-state index contributed by atoms with van der Waals surface area (Å²) in [5.41, 5.74) is 0.673. The van der Waals surface area contributed by atoms with Crippen molar-refractivity contribution in [2.75, 3.05) is 13.2 Å². The Morgan fingerprint density at radius 3 is 2.95 bits per heavy atom. The lowest BCUT2D eigenvalue weighted by Crippen LogP contribution is -2.08. The second-order valence-corrected chi connectivity index (χ2v) is 5.31. The number of hydrogen-bond donors (Lipinski definition) is 1. The molecular weight excluding hydrogens is 294 g/mol. The lowest BCUT2D eigenvalue weighted by atomic mass is 10.1. The molecule has 1 N–H and O–H groups in total. The Morgan fingerprint density at radius 1 is 1.38 bits per heavy atom. The molecule has 1 aromatic heterocycles. The molecule has 1 unspecified atom stereocenters. The van der Waals surface area contributed by atoms with Gasteiger partial charge in [-0.05, 0) is 17.7 Å². The summed E-state index contributed by atoms with van der Waals surface area (Å²) in [5.74, 6) is 1.82. The van der Waals surface area contributed by atoms with Crippen molar-refractivity contribution in [1.82, 2.24) is 14.8 Å². The van der Waals surface area contributed by atoms with Crippen LogP contribution in [0.3, 0.4) is 0 Å². The molecule has 2 aromatic rings. The summed E-state index contributed by atoms with van der Waals surface area (Å²) in [4.78, 5) is 4.11. The molecule has 6 nitrogen and oxygen atoms in total. The number of ether oxygens (including phenoxy) is 2. The van der Waals surface area contributed by atoms with Crippen LogP contribution in [0.1, 0.15) is 23.9 Å². The van der Waals surface area contributed by atoms with Crippen LogP contribution in [0.25, 0.3) is 0 Å². The summed E-state index contributed by atoms with van der Waals surface area (Å²) in [5, 5.41) is 14.8. The van der Waals surface area contributed by atoms with Crippen LogP contribution in [0.2, 0.25) is 5.02 Å². The van der Waals surface area contributed by atoms with Crippen molar-refractivity contribution in [3.05, 3.63) is 34.9 Å². The van der Waals surface area contributed by atoms with E-state index >= 15 is 0 Å². The molecule has 21 heavy (non-hydrogen) atoms. The number of nitrogens with zero attached hydrogens (tertiary/aromatic N) is 3. The number of halogens is 1. The van der Waals surface area contributed by atoms with E-state index in [1.807, 2.05) is 0 Å². The zero-order valence-electron chi connectivity index (χ0n) is 11.6. The van der Waals surface area contributed by atoms with Crippen LogP contribution in [0, 0.1) is 0 Å². The summed E-state index contributed by atoms with van der Waals surface area (Å²) >= 11 is 6.23. The predicted molar refractivity (Wildman–Crippen MR) is 76.7 cm³/mol. The van der Waals surface area contributed by atoms with Gasteiger partial charge in [-0.2, -0.15) is 5.10 Å². The van der Waals surface area contributed by atoms with E-state index in [0.717, 1.165) is 6.42 Å². The van der Waals surface area contributed by atoms with Crippen LogP contribution < -0.4 is 9.47 Å². The van der Waals surface area contributed by atoms with Gasteiger partial charge in [0.1, 0.15) is 12.2 Å². The first-order valence-corrected chi connectivity index (χ1v) is 7.13. The van der Waals surface area contributed by atoms with E-state index < -0.39 is 6.10 Å². The highest BCUT2D eigenvalue weighted by atomic mass is 35.5. The highest BCUT2D eigenvalue weighted by molar-refractivity contribution is 6.32. The monoisotopic (exact) mass is 309 g/mol. The minimum Gasteiger partial charge on any atom is -0.489 e. The number of fused-ring (bicyclic) bond motifs is 1. The Kier molecular flexibility index (Phi) is 3.98. The lowest BCUT2D eigenvalue weighted by molar-refractivity contribution is 0.174. The third-order valence-corrected chi connectivity index (χ3v) is 3.67. The van der Waals surface area contributed by atoms with E-state index in [4.69, 9.17) is 21.1 Å². The lowest BCUT2D eigenvalue weighted by Gasteiger charge is -2.15. The molecule has 1 aliphatic rings. The maximum atomic E-state index is 10.4. The van der Waals surface area contributed by atoms with Crippen molar-refractivity contribution in [3.8, 4) is 11.5 Å². The Hall–Kier alpha value is -1.79. The van der Waals surface area contributed by atoms with Gasteiger partial charge in [-0.15, -0.1) is 0 Å². The van der Waals surface area contributed by atoms with Gasteiger partial charge >= 0.3 is 0 Å². The van der Waals surface area contributed by atoms with Crippen molar-refractivity contribution >= 4 is 11.6 Å². The number of benzene rings is 1. The van der Waals surface area contributed by atoms with Crippen molar-refractivity contribution in [2.24, 2.45) is 7.05 Å². The third-order valence-electron chi connectivity index (χ3n) is 3.39. The molecule has 1 atom stereocenters. The van der Waals surface area contributed by atoms with Gasteiger partial charge in [0.2, 0.25) is 0 Å². The molecule has 1 aliphatic heterocycles. The quantitative estimate of drug-likeness (QED) is 0.938. The SMILES string of the molecule is Cn1ncnc1CC(O)c1cc(Cl)c2c(c1)OCCCO2. The highest BCUT2D eigenvalue weighted by Crippen LogP contribution is 2.39. The molecule has 0 bridgehead atoms. The molecule has 0 aliphatic carbocycles. The number of aryl methyl sites for hydroxylation is 1. The summed E-state index contributed by atoms with van der Waals surface area (Å²) in [6.07, 6.45) is 1.89. The van der Waals surface area contributed by atoms with Gasteiger partial charge in [0, 0.05) is 19.9 Å². The fraction of sp³-hybridized carbons (Fsp3) is 0.429. The second-order valence-electron chi connectivity index (χ2n) is 4.90. The zero-order valence-corrected chi connectivity index (χ0v) is 12.4. The molecule has 0 saturated heterocycles. The van der Waals surface area contributed by atoms with Crippen molar-refractivity contribution in [2.45, 2.75) is 18.9 Å². The molecular formula is C14H16ClN3O3. The largest absolute Gasteiger partial charge is 0.489 e. The minimum absolute atomic E-state index is 0.354. The van der Waals surface area contributed by atoms with E-state index in [9.17, 15) is 5.11 Å². The highest BCUT2D eigenvalue weighted by Gasteiger charge is 2.20. The molecule has 0 fully saturated rings. The van der Waals surface area contributed by atoms with Gasteiger partial charge in [0.25, 0.3) is 0 Å². The average molecular weight is 310 g/mol. The molecule has 0 spiro atoms. The van der Waals surface area contributed by atoms with Gasteiger partial charge in [0.05, 0.1) is 24.3 Å². The van der Waals surface area contributed by atoms with Gasteiger partial charge in [0.15, 0.2) is 11.5 Å². The van der Waals surface area contributed by atoms with Crippen molar-refractivity contribution in [3.63, 3.8) is 0 Å². The van der Waals surface area contributed by atoms with Crippen LogP contribution in [-0.2, 0) is 13.5 Å². The van der Waals surface area contributed by atoms with E-state index in [2.05, 4.69) is 10.1 Å². The number of aliphatic hydroxyl groups is 1. The Balaban J connectivity index is 1.86. The third kappa shape index (κ3) is 2.96. The average Bonchev–Trinajstić information content (AvgIpc) is 2.73. The maximum absolute atomic E-state index is 10.4. The number of aromatic nitrogens is 3. The topological polar surface area (TPSA) is 69.4 Å². The Labute approximate surface area is 127 Å².